The molecule has 0 amide bonds. The van der Waals surface area contributed by atoms with Crippen LogP contribution in [0.5, 0.6) is 11.5 Å². The first-order chi connectivity index (χ1) is 10.1. The maximum Gasteiger partial charge on any atom is 0.350 e. The number of phenols is 1. The molecule has 0 fully saturated rings. The summed E-state index contributed by atoms with van der Waals surface area (Å²) < 4.78 is 4.97. The monoisotopic (exact) mass is 284 g/mol. The number of carboxylic acid groups (broad SMARTS) is 1. The van der Waals surface area contributed by atoms with Crippen molar-refractivity contribution in [3.8, 4) is 11.5 Å². The van der Waals surface area contributed by atoms with Crippen molar-refractivity contribution in [1.82, 2.24) is 0 Å². The van der Waals surface area contributed by atoms with E-state index in [-0.39, 0.29) is 11.5 Å². The lowest BCUT2D eigenvalue weighted by Crippen LogP contribution is -2.17. The molecule has 106 valence electrons. The first-order valence-corrected chi connectivity index (χ1v) is 6.07. The molecule has 2 rings (SSSR count). The molecule has 0 aromatic heterocycles. The number of phenolic OH excluding ortho intramolecular Hbond substituents is 1. The third kappa shape index (κ3) is 3.94. The van der Waals surface area contributed by atoms with E-state index < -0.39 is 17.5 Å². The molecule has 2 aromatic rings. The summed E-state index contributed by atoms with van der Waals surface area (Å²) in [6, 6.07) is 14.0. The summed E-state index contributed by atoms with van der Waals surface area (Å²) in [6.45, 7) is 0. The Hall–Kier alpha value is -3.08. The fourth-order valence-corrected chi connectivity index (χ4v) is 1.60. The van der Waals surface area contributed by atoms with Crippen LogP contribution in [0.2, 0.25) is 0 Å². The summed E-state index contributed by atoms with van der Waals surface area (Å²) in [5.74, 6) is -2.18. The lowest BCUT2D eigenvalue weighted by atomic mass is 10.1. The maximum atomic E-state index is 11.9. The SMILES string of the molecule is O=C(O)/C(=C/c1ccccc1)C(=O)Oc1ccc(O)cc1. The average Bonchev–Trinajstić information content (AvgIpc) is 2.48. The van der Waals surface area contributed by atoms with Crippen molar-refractivity contribution >= 4 is 18.0 Å². The van der Waals surface area contributed by atoms with E-state index in [1.54, 1.807) is 30.3 Å². The van der Waals surface area contributed by atoms with E-state index in [0.29, 0.717) is 5.56 Å². The molecular weight excluding hydrogens is 272 g/mol. The molecule has 0 aliphatic carbocycles. The summed E-state index contributed by atoms with van der Waals surface area (Å²) in [5, 5.41) is 18.3. The lowest BCUT2D eigenvalue weighted by molar-refractivity contribution is -0.138. The van der Waals surface area contributed by atoms with Gasteiger partial charge in [-0.15, -0.1) is 0 Å². The number of aliphatic carboxylic acids is 1. The summed E-state index contributed by atoms with van der Waals surface area (Å²) in [4.78, 5) is 23.1. The first kappa shape index (κ1) is 14.3. The van der Waals surface area contributed by atoms with E-state index >= 15 is 0 Å². The van der Waals surface area contributed by atoms with Crippen molar-refractivity contribution in [3.63, 3.8) is 0 Å². The normalized spacial score (nSPS) is 11.0. The third-order valence-corrected chi connectivity index (χ3v) is 2.61. The highest BCUT2D eigenvalue weighted by Gasteiger charge is 2.19. The van der Waals surface area contributed by atoms with Crippen LogP contribution in [0.25, 0.3) is 6.08 Å². The molecule has 0 atom stereocenters. The Morgan fingerprint density at radius 1 is 0.952 bits per heavy atom. The van der Waals surface area contributed by atoms with Crippen LogP contribution < -0.4 is 4.74 Å². The van der Waals surface area contributed by atoms with Crippen molar-refractivity contribution in [2.75, 3.05) is 0 Å². The quantitative estimate of drug-likeness (QED) is 0.296. The number of ether oxygens (including phenoxy) is 1. The van der Waals surface area contributed by atoms with Crippen LogP contribution in [0.1, 0.15) is 5.56 Å². The average molecular weight is 284 g/mol. The zero-order valence-corrected chi connectivity index (χ0v) is 10.9. The minimum absolute atomic E-state index is 0.0214. The van der Waals surface area contributed by atoms with Gasteiger partial charge in [-0.05, 0) is 35.9 Å². The second kappa shape index (κ2) is 6.38. The molecule has 0 radical (unpaired) electrons. The van der Waals surface area contributed by atoms with Crippen LogP contribution in [0.4, 0.5) is 0 Å². The number of rotatable bonds is 4. The third-order valence-electron chi connectivity index (χ3n) is 2.61. The second-order valence-electron chi connectivity index (χ2n) is 4.16. The van der Waals surface area contributed by atoms with Crippen molar-refractivity contribution in [2.24, 2.45) is 0 Å². The summed E-state index contributed by atoms with van der Waals surface area (Å²) in [5.41, 5.74) is 0.104. The Kier molecular flexibility index (Phi) is 4.36. The second-order valence-corrected chi connectivity index (χ2v) is 4.16. The van der Waals surface area contributed by atoms with Crippen LogP contribution in [0.15, 0.2) is 60.2 Å². The molecule has 5 nitrogen and oxygen atoms in total. The van der Waals surface area contributed by atoms with Gasteiger partial charge in [-0.3, -0.25) is 0 Å². The van der Waals surface area contributed by atoms with Gasteiger partial charge in [0.1, 0.15) is 17.1 Å². The van der Waals surface area contributed by atoms with E-state index in [1.165, 1.54) is 30.3 Å². The van der Waals surface area contributed by atoms with Gasteiger partial charge in [-0.25, -0.2) is 9.59 Å². The molecule has 2 N–H and O–H groups in total. The van der Waals surface area contributed by atoms with Crippen molar-refractivity contribution in [2.45, 2.75) is 0 Å². The van der Waals surface area contributed by atoms with Crippen LogP contribution in [-0.2, 0) is 9.59 Å². The summed E-state index contributed by atoms with van der Waals surface area (Å²) >= 11 is 0. The number of hydrogen-bond acceptors (Lipinski definition) is 4. The van der Waals surface area contributed by atoms with Gasteiger partial charge in [0.2, 0.25) is 0 Å². The van der Waals surface area contributed by atoms with Crippen molar-refractivity contribution in [3.05, 3.63) is 65.7 Å². The first-order valence-electron chi connectivity index (χ1n) is 6.07. The summed E-state index contributed by atoms with van der Waals surface area (Å²) in [7, 11) is 0. The highest BCUT2D eigenvalue weighted by molar-refractivity contribution is 6.17. The van der Waals surface area contributed by atoms with Gasteiger partial charge >= 0.3 is 11.9 Å². The molecular formula is C16H12O5. The molecule has 5 heteroatoms. The predicted octanol–water partition coefficient (Wildman–Crippen LogP) is 2.47. The van der Waals surface area contributed by atoms with Crippen LogP contribution in [-0.4, -0.2) is 22.2 Å². The number of benzene rings is 2. The Bertz CT molecular complexity index is 672. The van der Waals surface area contributed by atoms with Crippen LogP contribution in [0.3, 0.4) is 0 Å². The van der Waals surface area contributed by atoms with Gasteiger partial charge < -0.3 is 14.9 Å². The van der Waals surface area contributed by atoms with Crippen LogP contribution in [0, 0.1) is 0 Å². The Morgan fingerprint density at radius 3 is 2.14 bits per heavy atom. The largest absolute Gasteiger partial charge is 0.508 e. The standard InChI is InChI=1S/C16H12O5/c17-12-6-8-13(9-7-12)21-16(20)14(15(18)19)10-11-4-2-1-3-5-11/h1-10,17H,(H,18,19)/b14-10-. The molecule has 0 aliphatic rings. The van der Waals surface area contributed by atoms with E-state index in [2.05, 4.69) is 0 Å². The minimum atomic E-state index is -1.37. The zero-order chi connectivity index (χ0) is 15.2. The van der Waals surface area contributed by atoms with Gasteiger partial charge in [0.15, 0.2) is 0 Å². The molecule has 21 heavy (non-hydrogen) atoms. The number of aromatic hydroxyl groups is 1. The van der Waals surface area contributed by atoms with E-state index in [0.717, 1.165) is 0 Å². The molecule has 0 saturated carbocycles. The molecule has 0 spiro atoms. The Balaban J connectivity index is 2.22. The molecule has 0 bridgehead atoms. The van der Waals surface area contributed by atoms with Crippen LogP contribution >= 0.6 is 0 Å². The topological polar surface area (TPSA) is 83.8 Å². The molecule has 0 saturated heterocycles. The zero-order valence-electron chi connectivity index (χ0n) is 10.9. The Morgan fingerprint density at radius 2 is 1.57 bits per heavy atom. The smallest absolute Gasteiger partial charge is 0.350 e. The molecule has 0 heterocycles. The number of hydrogen-bond donors (Lipinski definition) is 2. The number of esters is 1. The molecule has 0 aliphatic heterocycles. The predicted molar refractivity (Wildman–Crippen MR) is 75.8 cm³/mol. The van der Waals surface area contributed by atoms with Crippen molar-refractivity contribution in [1.29, 1.82) is 0 Å². The number of carbonyl (C=O) groups excluding carboxylic acids is 1. The van der Waals surface area contributed by atoms with Gasteiger partial charge in [-0.1, -0.05) is 30.3 Å². The number of carbonyl (C=O) groups is 2. The Labute approximate surface area is 120 Å². The molecule has 2 aromatic carbocycles. The van der Waals surface area contributed by atoms with Gasteiger partial charge in [0.05, 0.1) is 0 Å². The van der Waals surface area contributed by atoms with E-state index in [4.69, 9.17) is 14.9 Å². The van der Waals surface area contributed by atoms with Gasteiger partial charge in [0, 0.05) is 0 Å². The fraction of sp³-hybridized carbons (Fsp3) is 0. The highest BCUT2D eigenvalue weighted by atomic mass is 16.5. The van der Waals surface area contributed by atoms with E-state index in [1.807, 2.05) is 0 Å². The van der Waals surface area contributed by atoms with Gasteiger partial charge in [-0.2, -0.15) is 0 Å². The fourth-order valence-electron chi connectivity index (χ4n) is 1.60. The van der Waals surface area contributed by atoms with E-state index in [9.17, 15) is 9.59 Å². The van der Waals surface area contributed by atoms with Gasteiger partial charge in [0.25, 0.3) is 0 Å². The number of carboxylic acids is 1. The highest BCUT2D eigenvalue weighted by Crippen LogP contribution is 2.18. The molecule has 0 unspecified atom stereocenters. The maximum absolute atomic E-state index is 11.9. The summed E-state index contributed by atoms with van der Waals surface area (Å²) in [6.07, 6.45) is 1.24. The minimum Gasteiger partial charge on any atom is -0.508 e. The lowest BCUT2D eigenvalue weighted by Gasteiger charge is -2.05. The van der Waals surface area contributed by atoms with Crippen molar-refractivity contribution < 1.29 is 24.5 Å².